The summed E-state index contributed by atoms with van der Waals surface area (Å²) in [6.45, 7) is 0. The minimum absolute atomic E-state index is 0.197. The van der Waals surface area contributed by atoms with Gasteiger partial charge in [-0.2, -0.15) is 5.10 Å². The molecule has 0 aliphatic heterocycles. The van der Waals surface area contributed by atoms with E-state index in [9.17, 15) is 4.79 Å². The molecule has 0 aliphatic rings. The Bertz CT molecular complexity index is 1110. The standard InChI is InChI=1S/C20H17N5O/c1-25-13-16(12-23-25)18-7-8-21-11-15(18)3-5-20(26)24-17-4-2-14-6-9-22-19(14)10-17/h2-13,22H,1H3,(H,24,26). The Balaban J connectivity index is 1.53. The quantitative estimate of drug-likeness (QED) is 0.556. The van der Waals surface area contributed by atoms with E-state index >= 15 is 0 Å². The van der Waals surface area contributed by atoms with Gasteiger partial charge in [0.2, 0.25) is 5.91 Å². The molecule has 0 radical (unpaired) electrons. The molecule has 128 valence electrons. The number of aromatic nitrogens is 4. The molecule has 1 aromatic carbocycles. The number of aryl methyl sites for hydroxylation is 1. The van der Waals surface area contributed by atoms with Gasteiger partial charge in [0.15, 0.2) is 0 Å². The maximum absolute atomic E-state index is 12.3. The molecule has 2 N–H and O–H groups in total. The number of hydrogen-bond acceptors (Lipinski definition) is 3. The first-order valence-corrected chi connectivity index (χ1v) is 8.18. The highest BCUT2D eigenvalue weighted by molar-refractivity contribution is 6.03. The number of nitrogens with one attached hydrogen (secondary N) is 2. The number of hydrogen-bond donors (Lipinski definition) is 2. The molecule has 26 heavy (non-hydrogen) atoms. The summed E-state index contributed by atoms with van der Waals surface area (Å²) >= 11 is 0. The third-order valence-electron chi connectivity index (χ3n) is 4.10. The van der Waals surface area contributed by atoms with Crippen LogP contribution in [0.3, 0.4) is 0 Å². The van der Waals surface area contributed by atoms with Gasteiger partial charge in [-0.05, 0) is 41.3 Å². The van der Waals surface area contributed by atoms with Gasteiger partial charge in [-0.1, -0.05) is 6.07 Å². The average Bonchev–Trinajstić information content (AvgIpc) is 3.28. The van der Waals surface area contributed by atoms with E-state index in [4.69, 9.17) is 0 Å². The number of anilines is 1. The second kappa shape index (κ2) is 6.68. The van der Waals surface area contributed by atoms with E-state index in [1.807, 2.05) is 49.8 Å². The Labute approximate surface area is 150 Å². The van der Waals surface area contributed by atoms with Gasteiger partial charge < -0.3 is 10.3 Å². The van der Waals surface area contributed by atoms with Crippen LogP contribution in [0, 0.1) is 0 Å². The predicted molar refractivity (Wildman–Crippen MR) is 102 cm³/mol. The average molecular weight is 343 g/mol. The maximum atomic E-state index is 12.3. The van der Waals surface area contributed by atoms with Crippen LogP contribution in [0.2, 0.25) is 0 Å². The number of amides is 1. The molecule has 4 aromatic rings. The van der Waals surface area contributed by atoms with Gasteiger partial charge in [-0.15, -0.1) is 0 Å². The summed E-state index contributed by atoms with van der Waals surface area (Å²) in [4.78, 5) is 19.6. The molecule has 0 fully saturated rings. The summed E-state index contributed by atoms with van der Waals surface area (Å²) in [6, 6.07) is 9.66. The molecule has 6 nitrogen and oxygen atoms in total. The molecular formula is C20H17N5O. The molecule has 0 saturated carbocycles. The molecular weight excluding hydrogens is 326 g/mol. The van der Waals surface area contributed by atoms with E-state index in [1.54, 1.807) is 29.3 Å². The van der Waals surface area contributed by atoms with Crippen LogP contribution in [-0.2, 0) is 11.8 Å². The van der Waals surface area contributed by atoms with E-state index in [0.717, 1.165) is 33.3 Å². The van der Waals surface area contributed by atoms with Crippen LogP contribution in [-0.4, -0.2) is 25.7 Å². The fourth-order valence-corrected chi connectivity index (χ4v) is 2.84. The van der Waals surface area contributed by atoms with E-state index in [2.05, 4.69) is 20.4 Å². The second-order valence-electron chi connectivity index (χ2n) is 5.97. The molecule has 0 bridgehead atoms. The molecule has 6 heteroatoms. The van der Waals surface area contributed by atoms with Crippen molar-refractivity contribution in [2.75, 3.05) is 5.32 Å². The Morgan fingerprint density at radius 1 is 1.23 bits per heavy atom. The van der Waals surface area contributed by atoms with E-state index in [-0.39, 0.29) is 5.91 Å². The lowest BCUT2D eigenvalue weighted by Gasteiger charge is -2.04. The van der Waals surface area contributed by atoms with Crippen LogP contribution in [0.15, 0.2) is 67.4 Å². The van der Waals surface area contributed by atoms with E-state index in [0.29, 0.717) is 0 Å². The molecule has 1 amide bonds. The number of rotatable bonds is 4. The first-order valence-electron chi connectivity index (χ1n) is 8.18. The highest BCUT2D eigenvalue weighted by Gasteiger charge is 2.06. The number of benzene rings is 1. The third kappa shape index (κ3) is 3.25. The monoisotopic (exact) mass is 343 g/mol. The zero-order valence-corrected chi connectivity index (χ0v) is 14.2. The van der Waals surface area contributed by atoms with Crippen molar-refractivity contribution in [2.45, 2.75) is 0 Å². The van der Waals surface area contributed by atoms with Crippen molar-refractivity contribution in [2.24, 2.45) is 7.05 Å². The largest absolute Gasteiger partial charge is 0.361 e. The predicted octanol–water partition coefficient (Wildman–Crippen LogP) is 3.62. The second-order valence-corrected chi connectivity index (χ2v) is 5.97. The summed E-state index contributed by atoms with van der Waals surface area (Å²) in [7, 11) is 1.87. The molecule has 4 rings (SSSR count). The zero-order chi connectivity index (χ0) is 17.9. The molecule has 0 saturated heterocycles. The van der Waals surface area contributed by atoms with Crippen molar-refractivity contribution >= 4 is 28.6 Å². The van der Waals surface area contributed by atoms with Crippen molar-refractivity contribution in [1.29, 1.82) is 0 Å². The molecule has 0 unspecified atom stereocenters. The molecule has 0 aliphatic carbocycles. The molecule has 3 heterocycles. The minimum atomic E-state index is -0.197. The molecule has 0 atom stereocenters. The zero-order valence-electron chi connectivity index (χ0n) is 14.2. The van der Waals surface area contributed by atoms with Crippen LogP contribution in [0.25, 0.3) is 28.1 Å². The number of pyridine rings is 1. The Hall–Kier alpha value is -3.67. The van der Waals surface area contributed by atoms with Crippen molar-refractivity contribution in [1.82, 2.24) is 19.7 Å². The summed E-state index contributed by atoms with van der Waals surface area (Å²) < 4.78 is 1.74. The van der Waals surface area contributed by atoms with Crippen LogP contribution in [0.1, 0.15) is 5.56 Å². The minimum Gasteiger partial charge on any atom is -0.361 e. The normalized spacial score (nSPS) is 11.3. The van der Waals surface area contributed by atoms with Crippen LogP contribution < -0.4 is 5.32 Å². The number of H-pyrrole nitrogens is 1. The highest BCUT2D eigenvalue weighted by atomic mass is 16.1. The van der Waals surface area contributed by atoms with Gasteiger partial charge >= 0.3 is 0 Å². The van der Waals surface area contributed by atoms with Crippen molar-refractivity contribution in [3.63, 3.8) is 0 Å². The lowest BCUT2D eigenvalue weighted by molar-refractivity contribution is -0.111. The maximum Gasteiger partial charge on any atom is 0.248 e. The number of aromatic amines is 1. The summed E-state index contributed by atoms with van der Waals surface area (Å²) in [6.07, 6.45) is 12.3. The summed E-state index contributed by atoms with van der Waals surface area (Å²) in [5, 5.41) is 8.18. The van der Waals surface area contributed by atoms with Crippen LogP contribution >= 0.6 is 0 Å². The van der Waals surface area contributed by atoms with Gasteiger partial charge in [0, 0.05) is 60.2 Å². The SMILES string of the molecule is Cn1cc(-c2ccncc2C=CC(=O)Nc2ccc3cc[nH]c3c2)cn1. The van der Waals surface area contributed by atoms with Gasteiger partial charge in [0.1, 0.15) is 0 Å². The van der Waals surface area contributed by atoms with E-state index < -0.39 is 0 Å². The number of nitrogens with zero attached hydrogens (tertiary/aromatic N) is 3. The Kier molecular flexibility index (Phi) is 4.07. The Morgan fingerprint density at radius 3 is 3.00 bits per heavy atom. The lowest BCUT2D eigenvalue weighted by Crippen LogP contribution is -2.07. The van der Waals surface area contributed by atoms with Crippen molar-refractivity contribution in [3.05, 3.63) is 73.0 Å². The summed E-state index contributed by atoms with van der Waals surface area (Å²) in [5.41, 5.74) is 4.54. The first-order chi connectivity index (χ1) is 12.7. The fraction of sp³-hybridized carbons (Fsp3) is 0.0500. The Morgan fingerprint density at radius 2 is 2.15 bits per heavy atom. The topological polar surface area (TPSA) is 75.6 Å². The number of fused-ring (bicyclic) bond motifs is 1. The van der Waals surface area contributed by atoms with Crippen LogP contribution in [0.4, 0.5) is 5.69 Å². The smallest absolute Gasteiger partial charge is 0.248 e. The number of carbonyl (C=O) groups is 1. The number of carbonyl (C=O) groups excluding carboxylic acids is 1. The van der Waals surface area contributed by atoms with Gasteiger partial charge in [-0.25, -0.2) is 0 Å². The van der Waals surface area contributed by atoms with E-state index in [1.165, 1.54) is 6.08 Å². The molecule has 0 spiro atoms. The molecule has 3 aromatic heterocycles. The third-order valence-corrected chi connectivity index (χ3v) is 4.10. The van der Waals surface area contributed by atoms with Crippen molar-refractivity contribution in [3.8, 4) is 11.1 Å². The summed E-state index contributed by atoms with van der Waals surface area (Å²) in [5.74, 6) is -0.197. The van der Waals surface area contributed by atoms with Crippen LogP contribution in [0.5, 0.6) is 0 Å². The lowest BCUT2D eigenvalue weighted by atomic mass is 10.0. The highest BCUT2D eigenvalue weighted by Crippen LogP contribution is 2.23. The van der Waals surface area contributed by atoms with Crippen molar-refractivity contribution < 1.29 is 4.79 Å². The first kappa shape index (κ1) is 15.8. The van der Waals surface area contributed by atoms with Gasteiger partial charge in [0.25, 0.3) is 0 Å². The van der Waals surface area contributed by atoms with Gasteiger partial charge in [-0.3, -0.25) is 14.5 Å². The fourth-order valence-electron chi connectivity index (χ4n) is 2.84. The van der Waals surface area contributed by atoms with Gasteiger partial charge in [0.05, 0.1) is 6.20 Å².